The summed E-state index contributed by atoms with van der Waals surface area (Å²) in [6.45, 7) is 3.22. The minimum absolute atomic E-state index is 0.177. The maximum absolute atomic E-state index is 10.9. The van der Waals surface area contributed by atoms with Crippen molar-refractivity contribution in [2.45, 2.75) is 39.5 Å². The number of hydrogen-bond acceptors (Lipinski definition) is 4. The van der Waals surface area contributed by atoms with Gasteiger partial charge in [-0.3, -0.25) is 9.59 Å². The molecule has 4 heteroatoms. The van der Waals surface area contributed by atoms with Crippen molar-refractivity contribution in [2.24, 2.45) is 0 Å². The Morgan fingerprint density at radius 1 is 0.938 bits per heavy atom. The lowest BCUT2D eigenvalue weighted by atomic mass is 9.94. The highest BCUT2D eigenvalue weighted by molar-refractivity contribution is 8.14. The van der Waals surface area contributed by atoms with Crippen molar-refractivity contribution in [3.63, 3.8) is 0 Å². The second-order valence-corrected chi connectivity index (χ2v) is 6.28. The number of thioether (sulfide) groups is 2. The molecule has 16 heavy (non-hydrogen) atoms. The highest BCUT2D eigenvalue weighted by Crippen LogP contribution is 2.29. The van der Waals surface area contributed by atoms with E-state index < -0.39 is 0 Å². The van der Waals surface area contributed by atoms with E-state index in [0.717, 1.165) is 24.3 Å². The average Bonchev–Trinajstić information content (AvgIpc) is 2.24. The Balaban J connectivity index is 2.56. The molecule has 0 aromatic carbocycles. The summed E-state index contributed by atoms with van der Waals surface area (Å²) in [5.74, 6) is 1.65. The van der Waals surface area contributed by atoms with Gasteiger partial charge in [-0.1, -0.05) is 34.7 Å². The molecule has 90 valence electrons. The van der Waals surface area contributed by atoms with Crippen LogP contribution in [0.1, 0.15) is 39.5 Å². The molecule has 0 atom stereocenters. The van der Waals surface area contributed by atoms with Crippen molar-refractivity contribution >= 4 is 33.8 Å². The van der Waals surface area contributed by atoms with Gasteiger partial charge in [-0.05, 0) is 25.7 Å². The van der Waals surface area contributed by atoms with Gasteiger partial charge < -0.3 is 0 Å². The molecule has 0 bridgehead atoms. The quantitative estimate of drug-likeness (QED) is 0.724. The lowest BCUT2D eigenvalue weighted by Crippen LogP contribution is -2.06. The standard InChI is InChI=1S/C12H18O2S2/c1-9(13)15-7-11-5-3-4-6-12(11)8-16-10(2)14/h3-8H2,1-2H3. The molecule has 0 aromatic rings. The van der Waals surface area contributed by atoms with E-state index in [1.54, 1.807) is 13.8 Å². The zero-order valence-electron chi connectivity index (χ0n) is 9.88. The molecule has 1 aliphatic carbocycles. The molecule has 0 heterocycles. The highest BCUT2D eigenvalue weighted by atomic mass is 32.2. The highest BCUT2D eigenvalue weighted by Gasteiger charge is 2.14. The van der Waals surface area contributed by atoms with E-state index in [1.807, 2.05) is 0 Å². The summed E-state index contributed by atoms with van der Waals surface area (Å²) in [6.07, 6.45) is 4.66. The summed E-state index contributed by atoms with van der Waals surface area (Å²) in [5.41, 5.74) is 2.81. The molecular formula is C12H18O2S2. The predicted molar refractivity (Wildman–Crippen MR) is 71.8 cm³/mol. The van der Waals surface area contributed by atoms with E-state index in [0.29, 0.717) is 0 Å². The Labute approximate surface area is 106 Å². The molecule has 0 amide bonds. The third-order valence-electron chi connectivity index (χ3n) is 2.61. The molecule has 0 fully saturated rings. The van der Waals surface area contributed by atoms with E-state index in [4.69, 9.17) is 0 Å². The molecule has 0 saturated carbocycles. The molecule has 2 nitrogen and oxygen atoms in total. The van der Waals surface area contributed by atoms with Crippen molar-refractivity contribution in [3.05, 3.63) is 11.1 Å². The van der Waals surface area contributed by atoms with E-state index in [2.05, 4.69) is 0 Å². The Kier molecular flexibility index (Phi) is 6.21. The first-order valence-corrected chi connectivity index (χ1v) is 7.53. The van der Waals surface area contributed by atoms with Gasteiger partial charge in [0, 0.05) is 25.4 Å². The number of rotatable bonds is 4. The first-order chi connectivity index (χ1) is 7.59. The third-order valence-corrected chi connectivity index (χ3v) is 4.41. The number of hydrogen-bond donors (Lipinski definition) is 0. The first-order valence-electron chi connectivity index (χ1n) is 5.56. The molecule has 1 aliphatic rings. The third kappa shape index (κ3) is 5.21. The smallest absolute Gasteiger partial charge is 0.186 e. The lowest BCUT2D eigenvalue weighted by Gasteiger charge is -2.19. The maximum Gasteiger partial charge on any atom is 0.186 e. The van der Waals surface area contributed by atoms with E-state index in [9.17, 15) is 9.59 Å². The van der Waals surface area contributed by atoms with Crippen molar-refractivity contribution in [1.82, 2.24) is 0 Å². The summed E-state index contributed by atoms with van der Waals surface area (Å²) in [5, 5.41) is 0.355. The Hall–Kier alpha value is -0.220. The molecule has 1 rings (SSSR count). The van der Waals surface area contributed by atoms with Crippen LogP contribution in [0.5, 0.6) is 0 Å². The summed E-state index contributed by atoms with van der Waals surface area (Å²) >= 11 is 2.77. The van der Waals surface area contributed by atoms with Crippen LogP contribution in [0.15, 0.2) is 11.1 Å². The second kappa shape index (κ2) is 7.17. The fourth-order valence-corrected chi connectivity index (χ4v) is 3.21. The Morgan fingerprint density at radius 3 is 1.62 bits per heavy atom. The maximum atomic E-state index is 10.9. The zero-order chi connectivity index (χ0) is 12.0. The Morgan fingerprint density at radius 2 is 1.31 bits per heavy atom. The molecule has 0 unspecified atom stereocenters. The SMILES string of the molecule is CC(=O)SCC1=C(CSC(C)=O)CCCC1. The van der Waals surface area contributed by atoms with Gasteiger partial charge in [0.1, 0.15) is 0 Å². The minimum Gasteiger partial charge on any atom is -0.288 e. The van der Waals surface area contributed by atoms with Gasteiger partial charge in [0.2, 0.25) is 0 Å². The number of carbonyl (C=O) groups is 2. The minimum atomic E-state index is 0.177. The summed E-state index contributed by atoms with van der Waals surface area (Å²) in [7, 11) is 0. The largest absolute Gasteiger partial charge is 0.288 e. The normalized spacial score (nSPS) is 16.4. The van der Waals surface area contributed by atoms with Crippen LogP contribution >= 0.6 is 23.5 Å². The van der Waals surface area contributed by atoms with Gasteiger partial charge in [0.15, 0.2) is 10.2 Å². The second-order valence-electron chi connectivity index (χ2n) is 3.97. The van der Waals surface area contributed by atoms with Gasteiger partial charge >= 0.3 is 0 Å². The number of carbonyl (C=O) groups excluding carboxylic acids is 2. The Bertz CT molecular complexity index is 278. The molecule has 0 radical (unpaired) electrons. The predicted octanol–water partition coefficient (Wildman–Crippen LogP) is 3.42. The summed E-state index contributed by atoms with van der Waals surface area (Å²) in [6, 6.07) is 0. The van der Waals surface area contributed by atoms with Crippen LogP contribution in [-0.2, 0) is 9.59 Å². The van der Waals surface area contributed by atoms with Crippen LogP contribution in [0.25, 0.3) is 0 Å². The van der Waals surface area contributed by atoms with Crippen LogP contribution in [-0.4, -0.2) is 21.7 Å². The van der Waals surface area contributed by atoms with Crippen LogP contribution in [0.3, 0.4) is 0 Å². The summed E-state index contributed by atoms with van der Waals surface area (Å²) in [4.78, 5) is 21.9. The topological polar surface area (TPSA) is 34.1 Å². The molecule has 0 N–H and O–H groups in total. The zero-order valence-corrected chi connectivity index (χ0v) is 11.5. The van der Waals surface area contributed by atoms with Crippen molar-refractivity contribution in [2.75, 3.05) is 11.5 Å². The summed E-state index contributed by atoms with van der Waals surface area (Å²) < 4.78 is 0. The van der Waals surface area contributed by atoms with Crippen LogP contribution in [0.4, 0.5) is 0 Å². The molecular weight excluding hydrogens is 240 g/mol. The molecule has 0 spiro atoms. The van der Waals surface area contributed by atoms with Gasteiger partial charge in [0.05, 0.1) is 0 Å². The van der Waals surface area contributed by atoms with Gasteiger partial charge in [0.25, 0.3) is 0 Å². The van der Waals surface area contributed by atoms with Crippen LogP contribution in [0.2, 0.25) is 0 Å². The fourth-order valence-electron chi connectivity index (χ4n) is 1.76. The fraction of sp³-hybridized carbons (Fsp3) is 0.667. The van der Waals surface area contributed by atoms with E-state index in [1.165, 1.54) is 47.5 Å². The monoisotopic (exact) mass is 258 g/mol. The van der Waals surface area contributed by atoms with Gasteiger partial charge in [-0.2, -0.15) is 0 Å². The van der Waals surface area contributed by atoms with E-state index >= 15 is 0 Å². The van der Waals surface area contributed by atoms with E-state index in [-0.39, 0.29) is 10.2 Å². The van der Waals surface area contributed by atoms with Crippen molar-refractivity contribution in [1.29, 1.82) is 0 Å². The van der Waals surface area contributed by atoms with Gasteiger partial charge in [-0.25, -0.2) is 0 Å². The molecule has 0 aromatic heterocycles. The van der Waals surface area contributed by atoms with Crippen molar-refractivity contribution < 1.29 is 9.59 Å². The van der Waals surface area contributed by atoms with Crippen LogP contribution < -0.4 is 0 Å². The van der Waals surface area contributed by atoms with Gasteiger partial charge in [-0.15, -0.1) is 0 Å². The average molecular weight is 258 g/mol. The first kappa shape index (κ1) is 13.8. The molecule has 0 saturated heterocycles. The molecule has 0 aliphatic heterocycles. The van der Waals surface area contributed by atoms with Crippen molar-refractivity contribution in [3.8, 4) is 0 Å². The van der Waals surface area contributed by atoms with Crippen LogP contribution in [0, 0.1) is 0 Å². The lowest BCUT2D eigenvalue weighted by molar-refractivity contribution is -0.109.